The number of hydrogen-bond donors (Lipinski definition) is 0. The van der Waals surface area contributed by atoms with Crippen molar-refractivity contribution in [2.75, 3.05) is 5.01 Å². The fraction of sp³-hybridized carbons (Fsp3) is 0.0476. The van der Waals surface area contributed by atoms with Gasteiger partial charge in [-0.15, -0.1) is 0 Å². The molecule has 4 heteroatoms. The first-order valence-electron chi connectivity index (χ1n) is 8.07. The number of hydrogen-bond acceptors (Lipinski definition) is 3. The zero-order valence-corrected chi connectivity index (χ0v) is 13.7. The Balaban J connectivity index is 1.90. The lowest BCUT2D eigenvalue weighted by Gasteiger charge is -2.33. The van der Waals surface area contributed by atoms with E-state index in [1.165, 1.54) is 5.01 Å². The second-order valence-corrected chi connectivity index (χ2v) is 5.90. The van der Waals surface area contributed by atoms with E-state index in [4.69, 9.17) is 0 Å². The summed E-state index contributed by atoms with van der Waals surface area (Å²) < 4.78 is 0. The van der Waals surface area contributed by atoms with Crippen LogP contribution in [0.25, 0.3) is 0 Å². The Hall–Kier alpha value is -3.40. The van der Waals surface area contributed by atoms with Gasteiger partial charge in [0.1, 0.15) is 0 Å². The lowest BCUT2D eigenvalue weighted by molar-refractivity contribution is 0.0654. The minimum absolute atomic E-state index is 0.312. The third kappa shape index (κ3) is 2.39. The van der Waals surface area contributed by atoms with E-state index in [1.807, 2.05) is 61.5 Å². The first-order valence-corrected chi connectivity index (χ1v) is 8.07. The topological polar surface area (TPSA) is 40.6 Å². The molecule has 1 heterocycles. The zero-order valence-electron chi connectivity index (χ0n) is 13.7. The summed E-state index contributed by atoms with van der Waals surface area (Å²) >= 11 is 0. The highest BCUT2D eigenvalue weighted by molar-refractivity contribution is 6.22. The highest BCUT2D eigenvalue weighted by Crippen LogP contribution is 2.34. The van der Waals surface area contributed by atoms with E-state index in [1.54, 1.807) is 29.3 Å². The van der Waals surface area contributed by atoms with Crippen molar-refractivity contribution >= 4 is 23.2 Å². The van der Waals surface area contributed by atoms with Crippen LogP contribution in [0, 0.1) is 6.92 Å². The summed E-state index contributed by atoms with van der Waals surface area (Å²) in [6.45, 7) is 1.96. The average Bonchev–Trinajstić information content (AvgIpc) is 2.90. The van der Waals surface area contributed by atoms with Crippen molar-refractivity contribution in [1.82, 2.24) is 5.01 Å². The van der Waals surface area contributed by atoms with Gasteiger partial charge < -0.3 is 0 Å². The molecular formula is C21H16N2O2. The van der Waals surface area contributed by atoms with E-state index in [0.29, 0.717) is 11.1 Å². The number of carbonyl (C=O) groups is 2. The van der Waals surface area contributed by atoms with Crippen LogP contribution < -0.4 is 5.01 Å². The van der Waals surface area contributed by atoms with Crippen LogP contribution in [-0.4, -0.2) is 16.8 Å². The van der Waals surface area contributed by atoms with Crippen LogP contribution in [0.3, 0.4) is 0 Å². The van der Waals surface area contributed by atoms with Gasteiger partial charge in [-0.1, -0.05) is 48.5 Å². The van der Waals surface area contributed by atoms with Crippen molar-refractivity contribution in [3.05, 3.63) is 95.6 Å². The summed E-state index contributed by atoms with van der Waals surface area (Å²) in [4.78, 5) is 25.9. The zero-order chi connectivity index (χ0) is 17.4. The molecule has 4 rings (SSSR count). The summed E-state index contributed by atoms with van der Waals surface area (Å²) in [5.74, 6) is -0.625. The van der Waals surface area contributed by atoms with Crippen LogP contribution in [0.5, 0.6) is 0 Å². The molecule has 25 heavy (non-hydrogen) atoms. The lowest BCUT2D eigenvalue weighted by Crippen LogP contribution is -2.44. The Labute approximate surface area is 145 Å². The monoisotopic (exact) mass is 328 g/mol. The van der Waals surface area contributed by atoms with Gasteiger partial charge in [0, 0.05) is 0 Å². The summed E-state index contributed by atoms with van der Waals surface area (Å²) in [6.07, 6.45) is 0. The number of nitrogens with zero attached hydrogens (tertiary/aromatic N) is 2. The molecule has 3 aromatic rings. The molecule has 0 saturated carbocycles. The first-order chi connectivity index (χ1) is 12.2. The van der Waals surface area contributed by atoms with Crippen molar-refractivity contribution in [2.24, 2.45) is 0 Å². The van der Waals surface area contributed by atoms with Crippen molar-refractivity contribution in [2.45, 2.75) is 6.92 Å². The van der Waals surface area contributed by atoms with Crippen molar-refractivity contribution in [3.63, 3.8) is 0 Å². The second kappa shape index (κ2) is 5.91. The number of carbonyl (C=O) groups excluding carboxylic acids is 2. The highest BCUT2D eigenvalue weighted by atomic mass is 16.2. The van der Waals surface area contributed by atoms with Crippen molar-refractivity contribution in [3.8, 4) is 0 Å². The molecule has 0 aromatic heterocycles. The molecule has 1 aliphatic rings. The molecule has 3 aromatic carbocycles. The molecule has 122 valence electrons. The molecule has 0 fully saturated rings. The number of benzene rings is 3. The van der Waals surface area contributed by atoms with Gasteiger partial charge in [0.25, 0.3) is 11.8 Å². The molecule has 0 saturated heterocycles. The third-order valence-electron chi connectivity index (χ3n) is 4.32. The Kier molecular flexibility index (Phi) is 3.58. The summed E-state index contributed by atoms with van der Waals surface area (Å²) in [5.41, 5.74) is 3.39. The standard InChI is InChI=1S/C21H16N2O2/c1-15-9-5-8-14-19(15)22(16-10-3-2-4-11-16)23-20(24)17-12-6-7-13-18(17)21(23)25/h2-14H,1H3. The maximum Gasteiger partial charge on any atom is 0.281 e. The van der Waals surface area contributed by atoms with Crippen LogP contribution in [0.15, 0.2) is 78.9 Å². The predicted octanol–water partition coefficient (Wildman–Crippen LogP) is 4.34. The highest BCUT2D eigenvalue weighted by Gasteiger charge is 2.40. The molecule has 0 spiro atoms. The maximum atomic E-state index is 13.0. The average molecular weight is 328 g/mol. The number of rotatable bonds is 3. The summed E-state index contributed by atoms with van der Waals surface area (Å²) in [6, 6.07) is 24.1. The third-order valence-corrected chi connectivity index (χ3v) is 4.32. The van der Waals surface area contributed by atoms with Gasteiger partial charge in [0.2, 0.25) is 0 Å². The van der Waals surface area contributed by atoms with Crippen LogP contribution in [0.1, 0.15) is 26.3 Å². The number of anilines is 2. The summed E-state index contributed by atoms with van der Waals surface area (Å²) in [5, 5.41) is 2.92. The molecule has 4 nitrogen and oxygen atoms in total. The van der Waals surface area contributed by atoms with Crippen LogP contribution in [-0.2, 0) is 0 Å². The molecular weight excluding hydrogens is 312 g/mol. The molecule has 0 unspecified atom stereocenters. The molecule has 1 aliphatic heterocycles. The van der Waals surface area contributed by atoms with Crippen LogP contribution in [0.4, 0.5) is 11.4 Å². The largest absolute Gasteiger partial charge is 0.281 e. The molecule has 2 amide bonds. The quantitative estimate of drug-likeness (QED) is 0.671. The number of aryl methyl sites for hydroxylation is 1. The lowest BCUT2D eigenvalue weighted by atomic mass is 10.1. The number of amides is 2. The SMILES string of the molecule is Cc1ccccc1N(c1ccccc1)N1C(=O)c2ccccc2C1=O. The van der Waals surface area contributed by atoms with Gasteiger partial charge in [-0.2, -0.15) is 5.01 Å². The summed E-state index contributed by atoms with van der Waals surface area (Å²) in [7, 11) is 0. The van der Waals surface area contributed by atoms with Crippen molar-refractivity contribution < 1.29 is 9.59 Å². The van der Waals surface area contributed by atoms with E-state index >= 15 is 0 Å². The molecule has 0 bridgehead atoms. The number of para-hydroxylation sites is 2. The Morgan fingerprint density at radius 3 is 1.80 bits per heavy atom. The van der Waals surface area contributed by atoms with Gasteiger partial charge in [-0.05, 0) is 42.8 Å². The fourth-order valence-corrected chi connectivity index (χ4v) is 3.09. The minimum atomic E-state index is -0.312. The van der Waals surface area contributed by atoms with Gasteiger partial charge >= 0.3 is 0 Å². The molecule has 0 radical (unpaired) electrons. The Morgan fingerprint density at radius 1 is 0.680 bits per heavy atom. The van der Waals surface area contributed by atoms with E-state index in [-0.39, 0.29) is 11.8 Å². The van der Waals surface area contributed by atoms with Gasteiger partial charge in [0.15, 0.2) is 0 Å². The molecule has 0 atom stereocenters. The van der Waals surface area contributed by atoms with Crippen LogP contribution >= 0.6 is 0 Å². The van der Waals surface area contributed by atoms with Crippen molar-refractivity contribution in [1.29, 1.82) is 0 Å². The minimum Gasteiger partial charge on any atom is -0.267 e. The normalized spacial score (nSPS) is 13.1. The Bertz CT molecular complexity index is 931. The number of hydrazine groups is 1. The number of imide groups is 1. The van der Waals surface area contributed by atoms with E-state index < -0.39 is 0 Å². The van der Waals surface area contributed by atoms with E-state index in [0.717, 1.165) is 16.9 Å². The van der Waals surface area contributed by atoms with Gasteiger partial charge in [0.05, 0.1) is 22.5 Å². The maximum absolute atomic E-state index is 13.0. The smallest absolute Gasteiger partial charge is 0.267 e. The van der Waals surface area contributed by atoms with Crippen LogP contribution in [0.2, 0.25) is 0 Å². The van der Waals surface area contributed by atoms with E-state index in [9.17, 15) is 9.59 Å². The fourth-order valence-electron chi connectivity index (χ4n) is 3.09. The van der Waals surface area contributed by atoms with Gasteiger partial charge in [-0.25, -0.2) is 5.01 Å². The Morgan fingerprint density at radius 2 is 1.20 bits per heavy atom. The van der Waals surface area contributed by atoms with E-state index in [2.05, 4.69) is 0 Å². The first kappa shape index (κ1) is 15.1. The predicted molar refractivity (Wildman–Crippen MR) is 96.7 cm³/mol. The second-order valence-electron chi connectivity index (χ2n) is 5.90. The number of fused-ring (bicyclic) bond motifs is 1. The molecule has 0 N–H and O–H groups in total. The molecule has 0 aliphatic carbocycles. The van der Waals surface area contributed by atoms with Gasteiger partial charge in [-0.3, -0.25) is 9.59 Å².